The molecule has 1 unspecified atom stereocenters. The fraction of sp³-hybridized carbons (Fsp3) is 0.300. The molecule has 27 heavy (non-hydrogen) atoms. The van der Waals surface area contributed by atoms with Gasteiger partial charge in [-0.3, -0.25) is 9.59 Å². The Morgan fingerprint density at radius 2 is 1.70 bits per heavy atom. The third-order valence-electron chi connectivity index (χ3n) is 3.92. The van der Waals surface area contributed by atoms with Gasteiger partial charge in [-0.2, -0.15) is 0 Å². The van der Waals surface area contributed by atoms with Crippen LogP contribution in [0.5, 0.6) is 0 Å². The maximum absolute atomic E-state index is 12.6. The molecular formula is C20H21Cl3N2O2. The second-order valence-corrected chi connectivity index (χ2v) is 7.84. The molecule has 0 aliphatic carbocycles. The van der Waals surface area contributed by atoms with Crippen molar-refractivity contribution in [3.05, 3.63) is 68.7 Å². The minimum atomic E-state index is -0.688. The first-order valence-corrected chi connectivity index (χ1v) is 9.68. The summed E-state index contributed by atoms with van der Waals surface area (Å²) in [5.41, 5.74) is 1.08. The molecule has 0 aromatic heterocycles. The van der Waals surface area contributed by atoms with Crippen molar-refractivity contribution in [1.29, 1.82) is 0 Å². The molecule has 144 valence electrons. The molecule has 0 spiro atoms. The lowest BCUT2D eigenvalue weighted by molar-refractivity contribution is -0.123. The molecule has 2 rings (SSSR count). The largest absolute Gasteiger partial charge is 0.350 e. The van der Waals surface area contributed by atoms with E-state index in [9.17, 15) is 9.59 Å². The highest BCUT2D eigenvalue weighted by atomic mass is 35.5. The first-order valence-electron chi connectivity index (χ1n) is 8.55. The molecule has 0 saturated carbocycles. The number of amides is 2. The second kappa shape index (κ2) is 9.98. The first kappa shape index (κ1) is 21.5. The zero-order valence-corrected chi connectivity index (χ0v) is 17.3. The molecule has 0 aliphatic heterocycles. The van der Waals surface area contributed by atoms with Crippen LogP contribution in [0.15, 0.2) is 42.5 Å². The predicted octanol–water partition coefficient (Wildman–Crippen LogP) is 5.11. The van der Waals surface area contributed by atoms with E-state index in [0.717, 1.165) is 5.56 Å². The number of halogens is 3. The molecule has 2 aromatic carbocycles. The van der Waals surface area contributed by atoms with E-state index in [2.05, 4.69) is 10.6 Å². The highest BCUT2D eigenvalue weighted by Crippen LogP contribution is 2.21. The average Bonchev–Trinajstić information content (AvgIpc) is 2.59. The number of hydrogen-bond acceptors (Lipinski definition) is 2. The van der Waals surface area contributed by atoms with Crippen LogP contribution in [-0.4, -0.2) is 17.9 Å². The van der Waals surface area contributed by atoms with E-state index in [0.29, 0.717) is 16.5 Å². The van der Waals surface area contributed by atoms with Gasteiger partial charge in [0.05, 0.1) is 10.6 Å². The fourth-order valence-electron chi connectivity index (χ4n) is 2.56. The van der Waals surface area contributed by atoms with Crippen molar-refractivity contribution in [2.75, 3.05) is 0 Å². The van der Waals surface area contributed by atoms with Gasteiger partial charge in [0.1, 0.15) is 6.04 Å². The van der Waals surface area contributed by atoms with Crippen LogP contribution >= 0.6 is 34.8 Å². The molecule has 0 radical (unpaired) electrons. The number of nitrogens with one attached hydrogen (secondary N) is 2. The summed E-state index contributed by atoms with van der Waals surface area (Å²) in [5.74, 6) is -0.487. The van der Waals surface area contributed by atoms with Crippen LogP contribution < -0.4 is 10.6 Å². The van der Waals surface area contributed by atoms with E-state index in [1.807, 2.05) is 32.0 Å². The van der Waals surface area contributed by atoms with Crippen LogP contribution in [-0.2, 0) is 11.3 Å². The van der Waals surface area contributed by atoms with Crippen molar-refractivity contribution in [3.63, 3.8) is 0 Å². The Labute approximate surface area is 174 Å². The van der Waals surface area contributed by atoms with Crippen LogP contribution in [0.25, 0.3) is 0 Å². The standard InChI is InChI=1S/C20H21Cl3N2O2/c1-12(2)9-18(20(27)24-11-13-5-3-4-6-16(13)22)25-19(26)15-8-7-14(21)10-17(15)23/h3-8,10,12,18H,9,11H2,1-2H3,(H,24,27)(H,25,26). The summed E-state index contributed by atoms with van der Waals surface area (Å²) in [5, 5.41) is 6.85. The van der Waals surface area contributed by atoms with Crippen molar-refractivity contribution >= 4 is 46.6 Å². The maximum atomic E-state index is 12.6. The van der Waals surface area contributed by atoms with E-state index < -0.39 is 11.9 Å². The Morgan fingerprint density at radius 1 is 1.00 bits per heavy atom. The van der Waals surface area contributed by atoms with Gasteiger partial charge in [0.2, 0.25) is 5.91 Å². The minimum Gasteiger partial charge on any atom is -0.350 e. The lowest BCUT2D eigenvalue weighted by atomic mass is 10.0. The van der Waals surface area contributed by atoms with Crippen molar-refractivity contribution < 1.29 is 9.59 Å². The summed E-state index contributed by atoms with van der Waals surface area (Å²) in [6.45, 7) is 4.25. The van der Waals surface area contributed by atoms with Crippen LogP contribution in [0.4, 0.5) is 0 Å². The molecule has 1 atom stereocenters. The normalized spacial score (nSPS) is 11.9. The summed E-state index contributed by atoms with van der Waals surface area (Å²) in [6, 6.07) is 11.2. The first-order chi connectivity index (χ1) is 12.8. The summed E-state index contributed by atoms with van der Waals surface area (Å²) < 4.78 is 0. The van der Waals surface area contributed by atoms with E-state index in [1.165, 1.54) is 12.1 Å². The van der Waals surface area contributed by atoms with E-state index in [-0.39, 0.29) is 29.0 Å². The Kier molecular flexibility index (Phi) is 7.96. The van der Waals surface area contributed by atoms with Gasteiger partial charge in [0, 0.05) is 16.6 Å². The Morgan fingerprint density at radius 3 is 2.33 bits per heavy atom. The highest BCUT2D eigenvalue weighted by Gasteiger charge is 2.23. The van der Waals surface area contributed by atoms with Gasteiger partial charge in [0.15, 0.2) is 0 Å². The molecule has 2 aromatic rings. The summed E-state index contributed by atoms with van der Waals surface area (Å²) in [6.07, 6.45) is 0.491. The van der Waals surface area contributed by atoms with Crippen molar-refractivity contribution in [2.24, 2.45) is 5.92 Å². The van der Waals surface area contributed by atoms with Gasteiger partial charge in [-0.1, -0.05) is 66.8 Å². The monoisotopic (exact) mass is 426 g/mol. The van der Waals surface area contributed by atoms with Crippen molar-refractivity contribution in [1.82, 2.24) is 10.6 Å². The van der Waals surface area contributed by atoms with Crippen LogP contribution in [0.1, 0.15) is 36.2 Å². The smallest absolute Gasteiger partial charge is 0.253 e. The lowest BCUT2D eigenvalue weighted by Gasteiger charge is -2.21. The molecule has 2 N–H and O–H groups in total. The topological polar surface area (TPSA) is 58.2 Å². The van der Waals surface area contributed by atoms with Crippen LogP contribution in [0.3, 0.4) is 0 Å². The van der Waals surface area contributed by atoms with E-state index in [4.69, 9.17) is 34.8 Å². The molecular weight excluding hydrogens is 407 g/mol. The van der Waals surface area contributed by atoms with Crippen molar-refractivity contribution in [2.45, 2.75) is 32.9 Å². The number of benzene rings is 2. The van der Waals surface area contributed by atoms with Gasteiger partial charge in [-0.25, -0.2) is 0 Å². The molecule has 0 fully saturated rings. The Hall–Kier alpha value is -1.75. The molecule has 0 bridgehead atoms. The minimum absolute atomic E-state index is 0.210. The second-order valence-electron chi connectivity index (χ2n) is 6.59. The van der Waals surface area contributed by atoms with Crippen LogP contribution in [0.2, 0.25) is 15.1 Å². The molecule has 0 heterocycles. The van der Waals surface area contributed by atoms with E-state index >= 15 is 0 Å². The SMILES string of the molecule is CC(C)CC(NC(=O)c1ccc(Cl)cc1Cl)C(=O)NCc1ccccc1Cl. The van der Waals surface area contributed by atoms with Gasteiger partial charge >= 0.3 is 0 Å². The van der Waals surface area contributed by atoms with Gasteiger partial charge in [-0.05, 0) is 42.2 Å². The Balaban J connectivity index is 2.08. The Bertz CT molecular complexity index is 825. The number of carbonyl (C=O) groups excluding carboxylic acids is 2. The van der Waals surface area contributed by atoms with Gasteiger partial charge in [-0.15, -0.1) is 0 Å². The van der Waals surface area contributed by atoms with E-state index in [1.54, 1.807) is 12.1 Å². The summed E-state index contributed by atoms with van der Waals surface area (Å²) in [7, 11) is 0. The number of rotatable bonds is 7. The molecule has 0 saturated heterocycles. The molecule has 7 heteroatoms. The van der Waals surface area contributed by atoms with Crippen LogP contribution in [0, 0.1) is 5.92 Å². The lowest BCUT2D eigenvalue weighted by Crippen LogP contribution is -2.47. The summed E-state index contributed by atoms with van der Waals surface area (Å²) in [4.78, 5) is 25.2. The maximum Gasteiger partial charge on any atom is 0.253 e. The zero-order chi connectivity index (χ0) is 20.0. The number of hydrogen-bond donors (Lipinski definition) is 2. The predicted molar refractivity (Wildman–Crippen MR) is 110 cm³/mol. The average molecular weight is 428 g/mol. The molecule has 4 nitrogen and oxygen atoms in total. The third kappa shape index (κ3) is 6.42. The summed E-state index contributed by atoms with van der Waals surface area (Å²) >= 11 is 18.1. The fourth-order valence-corrected chi connectivity index (χ4v) is 3.26. The molecule has 0 aliphatic rings. The molecule has 2 amide bonds. The number of carbonyl (C=O) groups is 2. The quantitative estimate of drug-likeness (QED) is 0.645. The third-order valence-corrected chi connectivity index (χ3v) is 4.83. The highest BCUT2D eigenvalue weighted by molar-refractivity contribution is 6.36. The zero-order valence-electron chi connectivity index (χ0n) is 15.1. The van der Waals surface area contributed by atoms with Crippen molar-refractivity contribution in [3.8, 4) is 0 Å². The van der Waals surface area contributed by atoms with Gasteiger partial charge in [0.25, 0.3) is 5.91 Å². The van der Waals surface area contributed by atoms with Gasteiger partial charge < -0.3 is 10.6 Å².